The minimum absolute atomic E-state index is 0.00780. The first-order chi connectivity index (χ1) is 12.4. The molecule has 0 saturated carbocycles. The van der Waals surface area contributed by atoms with Crippen molar-refractivity contribution in [2.75, 3.05) is 19.5 Å². The number of aromatic carboxylic acids is 2. The van der Waals surface area contributed by atoms with E-state index in [0.717, 1.165) is 0 Å². The van der Waals surface area contributed by atoms with E-state index in [0.29, 0.717) is 5.56 Å². The number of hydrogen-bond donors (Lipinski definition) is 3. The van der Waals surface area contributed by atoms with Gasteiger partial charge in [0.1, 0.15) is 0 Å². The molecule has 2 aromatic carbocycles. The largest absolute Gasteiger partial charge is 0.493 e. The van der Waals surface area contributed by atoms with Crippen molar-refractivity contribution in [1.82, 2.24) is 0 Å². The predicted molar refractivity (Wildman–Crippen MR) is 92.2 cm³/mol. The van der Waals surface area contributed by atoms with Crippen LogP contribution in [-0.2, 0) is 11.2 Å². The third-order valence-electron chi connectivity index (χ3n) is 3.63. The number of hydrogen-bond acceptors (Lipinski definition) is 5. The fourth-order valence-corrected chi connectivity index (χ4v) is 2.41. The topological polar surface area (TPSA) is 122 Å². The van der Waals surface area contributed by atoms with Crippen LogP contribution in [0.4, 0.5) is 5.69 Å². The third kappa shape index (κ3) is 4.10. The fraction of sp³-hybridized carbons (Fsp3) is 0.167. The SMILES string of the molecule is COc1cc(NC(=O)Cc2ccccc2C(=O)O)c(C(=O)O)cc1OC. The van der Waals surface area contributed by atoms with Crippen molar-refractivity contribution in [2.45, 2.75) is 6.42 Å². The summed E-state index contributed by atoms with van der Waals surface area (Å²) >= 11 is 0. The molecule has 0 bridgehead atoms. The summed E-state index contributed by atoms with van der Waals surface area (Å²) < 4.78 is 10.2. The van der Waals surface area contributed by atoms with E-state index in [1.165, 1.54) is 38.5 Å². The highest BCUT2D eigenvalue weighted by molar-refractivity contribution is 6.02. The number of carboxylic acid groups (broad SMARTS) is 2. The molecule has 1 amide bonds. The normalized spacial score (nSPS) is 10.1. The maximum Gasteiger partial charge on any atom is 0.337 e. The van der Waals surface area contributed by atoms with Crippen molar-refractivity contribution in [2.24, 2.45) is 0 Å². The number of amides is 1. The average molecular weight is 359 g/mol. The van der Waals surface area contributed by atoms with Crippen LogP contribution in [0.2, 0.25) is 0 Å². The summed E-state index contributed by atoms with van der Waals surface area (Å²) in [6, 6.07) is 8.67. The van der Waals surface area contributed by atoms with Crippen molar-refractivity contribution >= 4 is 23.5 Å². The smallest absolute Gasteiger partial charge is 0.337 e. The molecule has 0 aliphatic rings. The van der Waals surface area contributed by atoms with Gasteiger partial charge in [0.2, 0.25) is 5.91 Å². The Morgan fingerprint density at radius 1 is 0.923 bits per heavy atom. The molecule has 8 heteroatoms. The number of rotatable bonds is 7. The number of methoxy groups -OCH3 is 2. The lowest BCUT2D eigenvalue weighted by Gasteiger charge is -2.14. The van der Waals surface area contributed by atoms with Gasteiger partial charge in [0, 0.05) is 12.1 Å². The summed E-state index contributed by atoms with van der Waals surface area (Å²) in [6.07, 6.45) is -0.226. The van der Waals surface area contributed by atoms with E-state index in [2.05, 4.69) is 5.32 Å². The summed E-state index contributed by atoms with van der Waals surface area (Å²) in [4.78, 5) is 35.0. The fourth-order valence-electron chi connectivity index (χ4n) is 2.41. The number of carboxylic acids is 2. The second-order valence-electron chi connectivity index (χ2n) is 5.25. The van der Waals surface area contributed by atoms with Gasteiger partial charge in [-0.2, -0.15) is 0 Å². The second kappa shape index (κ2) is 8.02. The lowest BCUT2D eigenvalue weighted by atomic mass is 10.0. The van der Waals surface area contributed by atoms with Gasteiger partial charge < -0.3 is 25.0 Å². The highest BCUT2D eigenvalue weighted by Crippen LogP contribution is 2.33. The van der Waals surface area contributed by atoms with Crippen molar-refractivity contribution in [3.63, 3.8) is 0 Å². The van der Waals surface area contributed by atoms with E-state index in [1.807, 2.05) is 0 Å². The molecule has 0 aromatic heterocycles. The Morgan fingerprint density at radius 2 is 1.50 bits per heavy atom. The molecule has 8 nitrogen and oxygen atoms in total. The highest BCUT2D eigenvalue weighted by Gasteiger charge is 2.19. The molecule has 0 unspecified atom stereocenters. The van der Waals surface area contributed by atoms with Gasteiger partial charge in [-0.1, -0.05) is 18.2 Å². The van der Waals surface area contributed by atoms with Crippen molar-refractivity contribution in [3.8, 4) is 11.5 Å². The maximum atomic E-state index is 12.3. The molecule has 0 radical (unpaired) electrons. The van der Waals surface area contributed by atoms with E-state index in [9.17, 15) is 24.6 Å². The van der Waals surface area contributed by atoms with Crippen LogP contribution in [0.25, 0.3) is 0 Å². The summed E-state index contributed by atoms with van der Waals surface area (Å²) in [6.45, 7) is 0. The summed E-state index contributed by atoms with van der Waals surface area (Å²) in [5.74, 6) is -2.51. The van der Waals surface area contributed by atoms with Crippen LogP contribution in [0.3, 0.4) is 0 Å². The van der Waals surface area contributed by atoms with Gasteiger partial charge in [-0.15, -0.1) is 0 Å². The van der Waals surface area contributed by atoms with E-state index < -0.39 is 17.8 Å². The molecule has 0 spiro atoms. The molecule has 136 valence electrons. The van der Waals surface area contributed by atoms with Crippen molar-refractivity contribution < 1.29 is 34.1 Å². The van der Waals surface area contributed by atoms with Crippen LogP contribution >= 0.6 is 0 Å². The van der Waals surface area contributed by atoms with Gasteiger partial charge in [-0.25, -0.2) is 9.59 Å². The van der Waals surface area contributed by atoms with Crippen LogP contribution in [0.1, 0.15) is 26.3 Å². The third-order valence-corrected chi connectivity index (χ3v) is 3.63. The molecule has 0 aliphatic carbocycles. The van der Waals surface area contributed by atoms with Crippen LogP contribution in [-0.4, -0.2) is 42.3 Å². The Kier molecular flexibility index (Phi) is 5.79. The first-order valence-electron chi connectivity index (χ1n) is 7.47. The minimum atomic E-state index is -1.26. The Hall–Kier alpha value is -3.55. The molecule has 0 atom stereocenters. The van der Waals surface area contributed by atoms with Gasteiger partial charge in [-0.05, 0) is 11.6 Å². The van der Waals surface area contributed by atoms with Gasteiger partial charge in [-0.3, -0.25) is 4.79 Å². The summed E-state index contributed by atoms with van der Waals surface area (Å²) in [5, 5.41) is 21.0. The number of carbonyl (C=O) groups excluding carboxylic acids is 1. The van der Waals surface area contributed by atoms with E-state index in [1.54, 1.807) is 12.1 Å². The molecular weight excluding hydrogens is 342 g/mol. The van der Waals surface area contributed by atoms with E-state index in [-0.39, 0.29) is 34.7 Å². The first kappa shape index (κ1) is 18.8. The first-order valence-corrected chi connectivity index (χ1v) is 7.47. The summed E-state index contributed by atoms with van der Waals surface area (Å²) in [5.41, 5.74) is 0.166. The maximum absolute atomic E-state index is 12.3. The van der Waals surface area contributed by atoms with Crippen LogP contribution in [0, 0.1) is 0 Å². The van der Waals surface area contributed by atoms with E-state index in [4.69, 9.17) is 9.47 Å². The number of carbonyl (C=O) groups is 3. The van der Waals surface area contributed by atoms with Gasteiger partial charge in [0.15, 0.2) is 11.5 Å². The number of ether oxygens (including phenoxy) is 2. The monoisotopic (exact) mass is 359 g/mol. The number of nitrogens with one attached hydrogen (secondary N) is 1. The minimum Gasteiger partial charge on any atom is -0.493 e. The van der Waals surface area contributed by atoms with Crippen molar-refractivity contribution in [1.29, 1.82) is 0 Å². The molecule has 0 aliphatic heterocycles. The van der Waals surface area contributed by atoms with Gasteiger partial charge >= 0.3 is 11.9 Å². The Morgan fingerprint density at radius 3 is 2.08 bits per heavy atom. The van der Waals surface area contributed by atoms with Gasteiger partial charge in [0.05, 0.1) is 37.5 Å². The molecular formula is C18H17NO7. The second-order valence-corrected chi connectivity index (χ2v) is 5.25. The molecule has 26 heavy (non-hydrogen) atoms. The number of benzene rings is 2. The number of anilines is 1. The van der Waals surface area contributed by atoms with E-state index >= 15 is 0 Å². The zero-order valence-corrected chi connectivity index (χ0v) is 14.1. The lowest BCUT2D eigenvalue weighted by Crippen LogP contribution is -2.18. The molecule has 3 N–H and O–H groups in total. The predicted octanol–water partition coefficient (Wildman–Crippen LogP) is 2.28. The zero-order valence-electron chi connectivity index (χ0n) is 14.1. The molecule has 0 saturated heterocycles. The molecule has 0 fully saturated rings. The molecule has 2 rings (SSSR count). The molecule has 2 aromatic rings. The highest BCUT2D eigenvalue weighted by atomic mass is 16.5. The van der Waals surface area contributed by atoms with Gasteiger partial charge in [0.25, 0.3) is 0 Å². The Balaban J connectivity index is 2.31. The van der Waals surface area contributed by atoms with Crippen LogP contribution in [0.15, 0.2) is 36.4 Å². The standard InChI is InChI=1S/C18H17NO7/c1-25-14-8-12(18(23)24)13(9-15(14)26-2)19-16(20)7-10-5-3-4-6-11(10)17(21)22/h3-6,8-9H,7H2,1-2H3,(H,19,20)(H,21,22)(H,23,24). The average Bonchev–Trinajstić information content (AvgIpc) is 2.61. The van der Waals surface area contributed by atoms with Crippen LogP contribution in [0.5, 0.6) is 11.5 Å². The van der Waals surface area contributed by atoms with Crippen molar-refractivity contribution in [3.05, 3.63) is 53.1 Å². The lowest BCUT2D eigenvalue weighted by molar-refractivity contribution is -0.115. The quantitative estimate of drug-likeness (QED) is 0.693. The zero-order chi connectivity index (χ0) is 19.3. The molecule has 0 heterocycles. The van der Waals surface area contributed by atoms with Crippen LogP contribution < -0.4 is 14.8 Å². The summed E-state index contributed by atoms with van der Waals surface area (Å²) in [7, 11) is 2.75. The Bertz CT molecular complexity index is 861. The Labute approximate surface area is 149 Å².